The molecule has 3 aromatic rings. The Labute approximate surface area is 200 Å². The van der Waals surface area contributed by atoms with Crippen LogP contribution in [0.1, 0.15) is 41.1 Å². The lowest BCUT2D eigenvalue weighted by Crippen LogP contribution is -2.41. The Kier molecular flexibility index (Phi) is 7.41. The van der Waals surface area contributed by atoms with Crippen molar-refractivity contribution in [1.82, 2.24) is 10.2 Å². The van der Waals surface area contributed by atoms with Crippen molar-refractivity contribution in [3.63, 3.8) is 0 Å². The average molecular weight is 493 g/mol. The van der Waals surface area contributed by atoms with Gasteiger partial charge in [-0.2, -0.15) is 24.5 Å². The number of nitrogens with zero attached hydrogens (tertiary/aromatic N) is 1. The summed E-state index contributed by atoms with van der Waals surface area (Å²) in [7, 11) is 0. The van der Waals surface area contributed by atoms with Crippen LogP contribution in [-0.4, -0.2) is 23.9 Å². The molecule has 1 fully saturated rings. The fourth-order valence-electron chi connectivity index (χ4n) is 4.17. The number of rotatable bonds is 6. The predicted octanol–water partition coefficient (Wildman–Crippen LogP) is 6.54. The first-order chi connectivity index (χ1) is 15.8. The molecular weight excluding hydrogens is 469 g/mol. The zero-order valence-electron chi connectivity index (χ0n) is 17.8. The van der Waals surface area contributed by atoms with Gasteiger partial charge in [-0.1, -0.05) is 41.9 Å². The van der Waals surface area contributed by atoms with Crippen LogP contribution in [0.4, 0.5) is 13.2 Å². The maximum atomic E-state index is 13.1. The summed E-state index contributed by atoms with van der Waals surface area (Å²) in [6.07, 6.45) is -3.01. The van der Waals surface area contributed by atoms with Gasteiger partial charge < -0.3 is 5.32 Å². The largest absolute Gasteiger partial charge is 0.416 e. The van der Waals surface area contributed by atoms with Gasteiger partial charge in [0.1, 0.15) is 0 Å². The van der Waals surface area contributed by atoms with E-state index in [9.17, 15) is 18.0 Å². The number of thiophene rings is 1. The molecular formula is C25H24ClF3N2OS. The fourth-order valence-corrected chi connectivity index (χ4v) is 4.98. The Morgan fingerprint density at radius 3 is 2.45 bits per heavy atom. The number of hydrogen-bond acceptors (Lipinski definition) is 3. The molecule has 174 valence electrons. The van der Waals surface area contributed by atoms with Gasteiger partial charge in [0.2, 0.25) is 5.91 Å². The molecule has 1 aliphatic rings. The molecule has 1 aliphatic heterocycles. The number of benzene rings is 2. The zero-order valence-corrected chi connectivity index (χ0v) is 19.4. The van der Waals surface area contributed by atoms with Gasteiger partial charge in [0.25, 0.3) is 0 Å². The minimum absolute atomic E-state index is 0.000122. The van der Waals surface area contributed by atoms with Crippen molar-refractivity contribution < 1.29 is 18.0 Å². The first-order valence-electron chi connectivity index (χ1n) is 10.8. The quantitative estimate of drug-likeness (QED) is 0.424. The number of piperidine rings is 1. The first-order valence-corrected chi connectivity index (χ1v) is 12.1. The monoisotopic (exact) mass is 492 g/mol. The van der Waals surface area contributed by atoms with Crippen LogP contribution in [0, 0.1) is 5.92 Å². The van der Waals surface area contributed by atoms with Crippen LogP contribution in [0.3, 0.4) is 0 Å². The van der Waals surface area contributed by atoms with Gasteiger partial charge in [0.05, 0.1) is 11.6 Å². The van der Waals surface area contributed by atoms with Crippen molar-refractivity contribution in [2.24, 2.45) is 5.92 Å². The highest BCUT2D eigenvalue weighted by molar-refractivity contribution is 7.08. The molecule has 33 heavy (non-hydrogen) atoms. The molecule has 0 spiro atoms. The van der Waals surface area contributed by atoms with E-state index in [0.717, 1.165) is 17.2 Å². The number of carbonyl (C=O) groups is 1. The molecule has 2 aromatic carbocycles. The summed E-state index contributed by atoms with van der Waals surface area (Å²) in [5.41, 5.74) is 2.00. The third-order valence-electron chi connectivity index (χ3n) is 5.99. The van der Waals surface area contributed by atoms with Crippen LogP contribution >= 0.6 is 22.9 Å². The van der Waals surface area contributed by atoms with Crippen LogP contribution in [-0.2, 0) is 17.5 Å². The van der Waals surface area contributed by atoms with Gasteiger partial charge in [0, 0.05) is 17.5 Å². The van der Waals surface area contributed by atoms with Crippen LogP contribution in [0.5, 0.6) is 0 Å². The topological polar surface area (TPSA) is 32.3 Å². The second-order valence-electron chi connectivity index (χ2n) is 8.30. The number of hydrogen-bond donors (Lipinski definition) is 1. The summed E-state index contributed by atoms with van der Waals surface area (Å²) in [6, 6.07) is 14.7. The van der Waals surface area contributed by atoms with Gasteiger partial charge in [-0.15, -0.1) is 0 Å². The molecule has 1 unspecified atom stereocenters. The summed E-state index contributed by atoms with van der Waals surface area (Å²) in [5.74, 6) is -0.129. The molecule has 4 rings (SSSR count). The van der Waals surface area contributed by atoms with Crippen molar-refractivity contribution in [3.8, 4) is 0 Å². The third kappa shape index (κ3) is 6.16. The van der Waals surface area contributed by atoms with Gasteiger partial charge in [-0.3, -0.25) is 9.69 Å². The first kappa shape index (κ1) is 23.8. The van der Waals surface area contributed by atoms with E-state index in [2.05, 4.69) is 10.2 Å². The molecule has 1 N–H and O–H groups in total. The van der Waals surface area contributed by atoms with Gasteiger partial charge in [-0.05, 0) is 77.6 Å². The maximum Gasteiger partial charge on any atom is 0.416 e. The van der Waals surface area contributed by atoms with Crippen molar-refractivity contribution in [1.29, 1.82) is 0 Å². The van der Waals surface area contributed by atoms with Gasteiger partial charge in [-0.25, -0.2) is 0 Å². The normalized spacial score (nSPS) is 16.5. The molecule has 3 nitrogen and oxygen atoms in total. The highest BCUT2D eigenvalue weighted by Gasteiger charge is 2.31. The lowest BCUT2D eigenvalue weighted by atomic mass is 9.93. The summed E-state index contributed by atoms with van der Waals surface area (Å²) in [5, 5.41) is 7.84. The van der Waals surface area contributed by atoms with E-state index in [0.29, 0.717) is 43.1 Å². The third-order valence-corrected chi connectivity index (χ3v) is 6.94. The van der Waals surface area contributed by atoms with E-state index in [1.54, 1.807) is 17.4 Å². The van der Waals surface area contributed by atoms with Crippen LogP contribution in [0.15, 0.2) is 65.4 Å². The minimum Gasteiger partial charge on any atom is -0.345 e. The molecule has 1 atom stereocenters. The summed E-state index contributed by atoms with van der Waals surface area (Å²) >= 11 is 7.60. The molecule has 1 amide bonds. The fraction of sp³-hybridized carbons (Fsp3) is 0.320. The molecule has 0 radical (unpaired) electrons. The van der Waals surface area contributed by atoms with E-state index in [4.69, 9.17) is 11.6 Å². The van der Waals surface area contributed by atoms with E-state index < -0.39 is 11.7 Å². The Bertz CT molecular complexity index is 1060. The van der Waals surface area contributed by atoms with Crippen molar-refractivity contribution in [2.45, 2.75) is 31.6 Å². The smallest absolute Gasteiger partial charge is 0.345 e. The highest BCUT2D eigenvalue weighted by atomic mass is 35.5. The number of carbonyl (C=O) groups excluding carboxylic acids is 1. The Morgan fingerprint density at radius 2 is 1.82 bits per heavy atom. The molecule has 0 bridgehead atoms. The highest BCUT2D eigenvalue weighted by Crippen LogP contribution is 2.31. The lowest BCUT2D eigenvalue weighted by molar-refractivity contribution is -0.137. The number of nitrogens with one attached hydrogen (secondary N) is 1. The molecule has 8 heteroatoms. The molecule has 1 aromatic heterocycles. The van der Waals surface area contributed by atoms with Crippen LogP contribution in [0.25, 0.3) is 0 Å². The summed E-state index contributed by atoms with van der Waals surface area (Å²) < 4.78 is 38.9. The van der Waals surface area contributed by atoms with Crippen LogP contribution < -0.4 is 5.32 Å². The SMILES string of the molecule is O=C(NC(c1ccc(Cl)cc1)c1ccsc1)C1CCN(Cc2cccc(C(F)(F)F)c2)CC1. The second-order valence-corrected chi connectivity index (χ2v) is 9.51. The molecule has 0 saturated carbocycles. The van der Waals surface area contributed by atoms with E-state index in [1.165, 1.54) is 12.1 Å². The number of halogens is 4. The molecule has 2 heterocycles. The minimum atomic E-state index is -4.34. The standard InChI is InChI=1S/C25H24ClF3N2OS/c26-22-6-4-18(5-7-22)23(20-10-13-33-16-20)30-24(32)19-8-11-31(12-9-19)15-17-2-1-3-21(14-17)25(27,28)29/h1-7,10,13-14,16,19,23H,8-9,11-12,15H2,(H,30,32). The Balaban J connectivity index is 1.36. The average Bonchev–Trinajstić information content (AvgIpc) is 3.33. The maximum absolute atomic E-state index is 13.1. The van der Waals surface area contributed by atoms with E-state index in [-0.39, 0.29) is 17.9 Å². The second kappa shape index (κ2) is 10.3. The lowest BCUT2D eigenvalue weighted by Gasteiger charge is -2.32. The van der Waals surface area contributed by atoms with Crippen molar-refractivity contribution in [2.75, 3.05) is 13.1 Å². The number of alkyl halides is 3. The van der Waals surface area contributed by atoms with E-state index in [1.807, 2.05) is 41.1 Å². The van der Waals surface area contributed by atoms with E-state index >= 15 is 0 Å². The van der Waals surface area contributed by atoms with Gasteiger partial charge >= 0.3 is 6.18 Å². The zero-order chi connectivity index (χ0) is 23.4. The van der Waals surface area contributed by atoms with Gasteiger partial charge in [0.15, 0.2) is 0 Å². The Morgan fingerprint density at radius 1 is 1.09 bits per heavy atom. The van der Waals surface area contributed by atoms with Crippen LogP contribution in [0.2, 0.25) is 5.02 Å². The Hall–Kier alpha value is -2.35. The number of likely N-dealkylation sites (tertiary alicyclic amines) is 1. The number of amides is 1. The van der Waals surface area contributed by atoms with Crippen molar-refractivity contribution >= 4 is 28.8 Å². The van der Waals surface area contributed by atoms with Crippen molar-refractivity contribution in [3.05, 3.63) is 92.6 Å². The summed E-state index contributed by atoms with van der Waals surface area (Å²) in [6.45, 7) is 1.78. The summed E-state index contributed by atoms with van der Waals surface area (Å²) in [4.78, 5) is 15.2. The predicted molar refractivity (Wildman–Crippen MR) is 125 cm³/mol. The molecule has 0 aliphatic carbocycles. The molecule has 1 saturated heterocycles.